The van der Waals surface area contributed by atoms with E-state index in [0.29, 0.717) is 25.6 Å². The first-order valence-corrected chi connectivity index (χ1v) is 10.9. The predicted octanol–water partition coefficient (Wildman–Crippen LogP) is 2.99. The van der Waals surface area contributed by atoms with Crippen LogP contribution in [0.4, 0.5) is 0 Å². The fraction of sp³-hybridized carbons (Fsp3) is 0.500. The van der Waals surface area contributed by atoms with Crippen LogP contribution in [0.2, 0.25) is 0 Å². The minimum absolute atomic E-state index is 0.211. The molecule has 1 unspecified atom stereocenters. The Morgan fingerprint density at radius 3 is 2.73 bits per heavy atom. The number of ether oxygens (including phenoxy) is 1. The maximum absolute atomic E-state index is 13.1. The number of aromatic nitrogens is 1. The molecule has 0 saturated carbocycles. The van der Waals surface area contributed by atoms with Crippen LogP contribution in [0.5, 0.6) is 5.75 Å². The lowest BCUT2D eigenvalue weighted by atomic mass is 10.1. The first-order chi connectivity index (χ1) is 14.5. The summed E-state index contributed by atoms with van der Waals surface area (Å²) < 4.78 is 7.55. The molecule has 1 atom stereocenters. The van der Waals surface area contributed by atoms with E-state index in [1.54, 1.807) is 13.2 Å². The smallest absolute Gasteiger partial charge is 0.257 e. The van der Waals surface area contributed by atoms with E-state index >= 15 is 0 Å². The molecule has 6 heteroatoms. The van der Waals surface area contributed by atoms with Crippen molar-refractivity contribution in [2.45, 2.75) is 52.6 Å². The molecule has 1 amide bonds. The molecule has 1 aliphatic heterocycles. The second kappa shape index (κ2) is 9.94. The summed E-state index contributed by atoms with van der Waals surface area (Å²) >= 11 is 0. The largest absolute Gasteiger partial charge is 0.496 e. The summed E-state index contributed by atoms with van der Waals surface area (Å²) in [7, 11) is 1.65. The third kappa shape index (κ3) is 4.59. The van der Waals surface area contributed by atoms with Gasteiger partial charge in [0, 0.05) is 35.6 Å². The van der Waals surface area contributed by atoms with Gasteiger partial charge in [0.05, 0.1) is 13.7 Å². The molecular formula is C24H33N3O3. The van der Waals surface area contributed by atoms with Gasteiger partial charge in [0.25, 0.3) is 5.91 Å². The van der Waals surface area contributed by atoms with Gasteiger partial charge in [0.1, 0.15) is 11.3 Å². The normalized spacial score (nSPS) is 16.6. The molecule has 30 heavy (non-hydrogen) atoms. The van der Waals surface area contributed by atoms with Crippen molar-refractivity contribution in [1.82, 2.24) is 14.8 Å². The van der Waals surface area contributed by atoms with Gasteiger partial charge < -0.3 is 14.6 Å². The molecule has 1 aromatic carbocycles. The van der Waals surface area contributed by atoms with Gasteiger partial charge in [-0.3, -0.25) is 14.5 Å². The van der Waals surface area contributed by atoms with Crippen molar-refractivity contribution in [2.75, 3.05) is 26.7 Å². The van der Waals surface area contributed by atoms with E-state index in [0.717, 1.165) is 48.6 Å². The second-order valence-corrected chi connectivity index (χ2v) is 7.86. The van der Waals surface area contributed by atoms with E-state index in [9.17, 15) is 9.59 Å². The zero-order valence-corrected chi connectivity index (χ0v) is 18.5. The third-order valence-electron chi connectivity index (χ3n) is 6.11. The van der Waals surface area contributed by atoms with Gasteiger partial charge in [-0.2, -0.15) is 0 Å². The molecular weight excluding hydrogens is 378 g/mol. The zero-order valence-electron chi connectivity index (χ0n) is 18.5. The molecule has 0 aliphatic carbocycles. The molecule has 3 rings (SSSR count). The molecule has 1 aromatic heterocycles. The highest BCUT2D eigenvalue weighted by atomic mass is 16.5. The van der Waals surface area contributed by atoms with Gasteiger partial charge in [0.15, 0.2) is 5.43 Å². The van der Waals surface area contributed by atoms with Crippen LogP contribution in [0.15, 0.2) is 35.1 Å². The number of nitrogens with zero attached hydrogens (tertiary/aromatic N) is 2. The molecule has 1 fully saturated rings. The highest BCUT2D eigenvalue weighted by Gasteiger charge is 2.25. The van der Waals surface area contributed by atoms with E-state index < -0.39 is 0 Å². The number of para-hydroxylation sites is 1. The number of carbonyl (C=O) groups is 1. The average Bonchev–Trinajstić information content (AvgIpc) is 3.21. The summed E-state index contributed by atoms with van der Waals surface area (Å²) in [5.41, 5.74) is 2.67. The van der Waals surface area contributed by atoms with Gasteiger partial charge in [-0.15, -0.1) is 0 Å². The van der Waals surface area contributed by atoms with Crippen LogP contribution in [0.1, 0.15) is 54.0 Å². The Bertz CT molecular complexity index is 951. The number of methoxy groups -OCH3 is 1. The number of rotatable bonds is 8. The van der Waals surface area contributed by atoms with Gasteiger partial charge in [0.2, 0.25) is 0 Å². The van der Waals surface area contributed by atoms with E-state index in [-0.39, 0.29) is 16.9 Å². The van der Waals surface area contributed by atoms with Crippen LogP contribution >= 0.6 is 0 Å². The second-order valence-electron chi connectivity index (χ2n) is 7.86. The lowest BCUT2D eigenvalue weighted by Gasteiger charge is -2.24. The Kier molecular flexibility index (Phi) is 7.32. The summed E-state index contributed by atoms with van der Waals surface area (Å²) in [6, 6.07) is 9.75. The van der Waals surface area contributed by atoms with E-state index in [2.05, 4.69) is 21.7 Å². The number of nitrogens with one attached hydrogen (secondary N) is 1. The summed E-state index contributed by atoms with van der Waals surface area (Å²) in [6.45, 7) is 9.23. The van der Waals surface area contributed by atoms with Crippen LogP contribution in [-0.2, 0) is 13.0 Å². The zero-order chi connectivity index (χ0) is 21.7. The molecule has 2 aromatic rings. The Balaban J connectivity index is 1.90. The van der Waals surface area contributed by atoms with Crippen molar-refractivity contribution in [3.63, 3.8) is 0 Å². The van der Waals surface area contributed by atoms with Crippen LogP contribution in [-0.4, -0.2) is 48.2 Å². The Morgan fingerprint density at radius 2 is 2.03 bits per heavy atom. The number of amides is 1. The number of likely N-dealkylation sites (tertiary alicyclic amines) is 1. The fourth-order valence-electron chi connectivity index (χ4n) is 4.51. The van der Waals surface area contributed by atoms with Crippen molar-refractivity contribution < 1.29 is 9.53 Å². The molecule has 0 bridgehead atoms. The Hall–Kier alpha value is -2.60. The van der Waals surface area contributed by atoms with E-state index in [1.807, 2.05) is 38.1 Å². The topological polar surface area (TPSA) is 63.6 Å². The quantitative estimate of drug-likeness (QED) is 0.725. The lowest BCUT2D eigenvalue weighted by Crippen LogP contribution is -2.41. The molecule has 1 saturated heterocycles. The fourth-order valence-corrected chi connectivity index (χ4v) is 4.51. The molecule has 1 aliphatic rings. The number of hydrogen-bond acceptors (Lipinski definition) is 4. The number of pyridine rings is 1. The van der Waals surface area contributed by atoms with E-state index in [4.69, 9.17) is 4.74 Å². The Morgan fingerprint density at radius 1 is 1.27 bits per heavy atom. The molecule has 6 nitrogen and oxygen atoms in total. The van der Waals surface area contributed by atoms with Crippen LogP contribution in [0, 0.1) is 6.92 Å². The number of aryl methyl sites for hydroxylation is 1. The van der Waals surface area contributed by atoms with Crippen LogP contribution in [0.25, 0.3) is 0 Å². The summed E-state index contributed by atoms with van der Waals surface area (Å²) in [4.78, 5) is 28.2. The van der Waals surface area contributed by atoms with Crippen LogP contribution < -0.4 is 15.5 Å². The number of likely N-dealkylation sites (N-methyl/N-ethyl adjacent to an activating group) is 1. The summed E-state index contributed by atoms with van der Waals surface area (Å²) in [6.07, 6.45) is 2.84. The predicted molar refractivity (Wildman–Crippen MR) is 120 cm³/mol. The van der Waals surface area contributed by atoms with Crippen molar-refractivity contribution in [2.24, 2.45) is 0 Å². The van der Waals surface area contributed by atoms with Gasteiger partial charge >= 0.3 is 0 Å². The van der Waals surface area contributed by atoms with E-state index in [1.165, 1.54) is 0 Å². The monoisotopic (exact) mass is 411 g/mol. The van der Waals surface area contributed by atoms with Crippen LogP contribution in [0.3, 0.4) is 0 Å². The molecule has 2 heterocycles. The highest BCUT2D eigenvalue weighted by Crippen LogP contribution is 2.21. The summed E-state index contributed by atoms with van der Waals surface area (Å²) in [5, 5.41) is 3.04. The third-order valence-corrected chi connectivity index (χ3v) is 6.11. The minimum atomic E-state index is -0.270. The lowest BCUT2D eigenvalue weighted by molar-refractivity contribution is 0.0938. The van der Waals surface area contributed by atoms with Gasteiger partial charge in [-0.05, 0) is 45.3 Å². The minimum Gasteiger partial charge on any atom is -0.496 e. The van der Waals surface area contributed by atoms with Gasteiger partial charge in [-0.25, -0.2) is 0 Å². The number of hydrogen-bond donors (Lipinski definition) is 1. The SMILES string of the molecule is CCc1c(C(=O)NCC2CCCN2CC)c(=O)cc(C)n1Cc1ccccc1OC. The molecule has 162 valence electrons. The molecule has 1 N–H and O–H groups in total. The standard InChI is InChI=1S/C24H33N3O3/c1-5-20-23(24(29)25-15-19-11-9-13-26(19)6-2)21(28)14-17(3)27(20)16-18-10-7-8-12-22(18)30-4/h7-8,10,12,14,19H,5-6,9,11,13,15-16H2,1-4H3,(H,25,29). The van der Waals surface area contributed by atoms with Crippen molar-refractivity contribution in [1.29, 1.82) is 0 Å². The van der Waals surface area contributed by atoms with Crippen molar-refractivity contribution in [3.05, 3.63) is 63.1 Å². The first kappa shape index (κ1) is 22.1. The average molecular weight is 412 g/mol. The molecule has 0 radical (unpaired) electrons. The first-order valence-electron chi connectivity index (χ1n) is 10.9. The Labute approximate surface area is 178 Å². The highest BCUT2D eigenvalue weighted by molar-refractivity contribution is 5.95. The van der Waals surface area contributed by atoms with Crippen molar-refractivity contribution in [3.8, 4) is 5.75 Å². The number of benzene rings is 1. The maximum atomic E-state index is 13.1. The van der Waals surface area contributed by atoms with Gasteiger partial charge in [-0.1, -0.05) is 32.0 Å². The number of carbonyl (C=O) groups excluding carboxylic acids is 1. The molecule has 0 spiro atoms. The van der Waals surface area contributed by atoms with Crippen molar-refractivity contribution >= 4 is 5.91 Å². The summed E-state index contributed by atoms with van der Waals surface area (Å²) in [5.74, 6) is 0.526. The maximum Gasteiger partial charge on any atom is 0.257 e.